The number of rotatable bonds is 3. The van der Waals surface area contributed by atoms with Gasteiger partial charge in [0.2, 0.25) is 0 Å². The molecule has 1 heterocycles. The van der Waals surface area contributed by atoms with Crippen LogP contribution in [0, 0.1) is 5.82 Å². The van der Waals surface area contributed by atoms with E-state index in [2.05, 4.69) is 17.0 Å². The Balaban J connectivity index is 2.12. The van der Waals surface area contributed by atoms with Gasteiger partial charge in [0.05, 0.1) is 0 Å². The van der Waals surface area contributed by atoms with Crippen molar-refractivity contribution < 1.29 is 9.60 Å². The Hall–Kier alpha value is -1.27. The number of nitrogens with two attached hydrogens (primary N) is 1. The van der Waals surface area contributed by atoms with E-state index in [1.165, 1.54) is 6.07 Å². The zero-order chi connectivity index (χ0) is 13.8. The van der Waals surface area contributed by atoms with E-state index in [4.69, 9.17) is 10.9 Å². The van der Waals surface area contributed by atoms with Crippen molar-refractivity contribution in [3.05, 3.63) is 35.1 Å². The molecule has 1 aliphatic rings. The van der Waals surface area contributed by atoms with E-state index in [9.17, 15) is 4.39 Å². The third-order valence-corrected chi connectivity index (χ3v) is 4.52. The van der Waals surface area contributed by atoms with Crippen molar-refractivity contribution in [2.75, 3.05) is 18.1 Å². The molecule has 0 spiro atoms. The minimum atomic E-state index is -0.311. The molecule has 19 heavy (non-hydrogen) atoms. The quantitative estimate of drug-likeness (QED) is 0.385. The van der Waals surface area contributed by atoms with Crippen LogP contribution in [-0.2, 0) is 6.54 Å². The van der Waals surface area contributed by atoms with Crippen molar-refractivity contribution in [2.24, 2.45) is 10.9 Å². The molecule has 0 saturated carbocycles. The molecule has 0 amide bonds. The third-order valence-electron chi connectivity index (χ3n) is 3.34. The van der Waals surface area contributed by atoms with Crippen molar-refractivity contribution in [3.8, 4) is 0 Å². The molecule has 1 aromatic carbocycles. The van der Waals surface area contributed by atoms with Gasteiger partial charge in [-0.2, -0.15) is 11.8 Å². The van der Waals surface area contributed by atoms with Gasteiger partial charge in [-0.05, 0) is 13.0 Å². The zero-order valence-corrected chi connectivity index (χ0v) is 11.7. The Morgan fingerprint density at radius 1 is 1.63 bits per heavy atom. The SMILES string of the molecule is CC1CSCCN1Cc1ccc(C(N)=NO)cc1F. The minimum absolute atomic E-state index is 0.0757. The molecule has 3 N–H and O–H groups in total. The summed E-state index contributed by atoms with van der Waals surface area (Å²) in [4.78, 5) is 2.28. The summed E-state index contributed by atoms with van der Waals surface area (Å²) < 4.78 is 14.0. The summed E-state index contributed by atoms with van der Waals surface area (Å²) in [6, 6.07) is 5.16. The number of benzene rings is 1. The fraction of sp³-hybridized carbons (Fsp3) is 0.462. The lowest BCUT2D eigenvalue weighted by atomic mass is 10.1. The van der Waals surface area contributed by atoms with Crippen LogP contribution in [0.15, 0.2) is 23.4 Å². The molecule has 1 saturated heterocycles. The van der Waals surface area contributed by atoms with Crippen molar-refractivity contribution in [1.29, 1.82) is 0 Å². The molecule has 1 aromatic rings. The Bertz CT molecular complexity index is 481. The van der Waals surface area contributed by atoms with Crippen LogP contribution in [0.2, 0.25) is 0 Å². The lowest BCUT2D eigenvalue weighted by Crippen LogP contribution is -2.39. The van der Waals surface area contributed by atoms with Gasteiger partial charge in [-0.15, -0.1) is 0 Å². The fourth-order valence-corrected chi connectivity index (χ4v) is 3.19. The maximum absolute atomic E-state index is 14.0. The van der Waals surface area contributed by atoms with Crippen LogP contribution in [0.5, 0.6) is 0 Å². The summed E-state index contributed by atoms with van der Waals surface area (Å²) in [5.41, 5.74) is 6.48. The Morgan fingerprint density at radius 2 is 2.42 bits per heavy atom. The molecule has 1 aliphatic heterocycles. The number of nitrogens with zero attached hydrogens (tertiary/aromatic N) is 2. The second-order valence-electron chi connectivity index (χ2n) is 4.69. The first kappa shape index (κ1) is 14.1. The summed E-state index contributed by atoms with van der Waals surface area (Å²) in [5, 5.41) is 11.4. The van der Waals surface area contributed by atoms with E-state index < -0.39 is 0 Å². The Morgan fingerprint density at radius 3 is 3.05 bits per heavy atom. The van der Waals surface area contributed by atoms with E-state index in [1.54, 1.807) is 12.1 Å². The van der Waals surface area contributed by atoms with Crippen LogP contribution in [0.3, 0.4) is 0 Å². The van der Waals surface area contributed by atoms with Gasteiger partial charge in [0.15, 0.2) is 5.84 Å². The molecule has 0 aromatic heterocycles. The number of halogens is 1. The Kier molecular flexibility index (Phi) is 4.66. The van der Waals surface area contributed by atoms with E-state index in [0.29, 0.717) is 23.7 Å². The summed E-state index contributed by atoms with van der Waals surface area (Å²) >= 11 is 1.94. The third kappa shape index (κ3) is 3.39. The smallest absolute Gasteiger partial charge is 0.170 e. The van der Waals surface area contributed by atoms with E-state index in [0.717, 1.165) is 18.1 Å². The molecule has 1 fully saturated rings. The van der Waals surface area contributed by atoms with Gasteiger partial charge < -0.3 is 10.9 Å². The molecule has 0 bridgehead atoms. The molecule has 4 nitrogen and oxygen atoms in total. The highest BCUT2D eigenvalue weighted by Crippen LogP contribution is 2.20. The monoisotopic (exact) mass is 283 g/mol. The first-order chi connectivity index (χ1) is 9.11. The lowest BCUT2D eigenvalue weighted by molar-refractivity contribution is 0.221. The number of oxime groups is 1. The van der Waals surface area contributed by atoms with Crippen molar-refractivity contribution in [2.45, 2.75) is 19.5 Å². The van der Waals surface area contributed by atoms with Crippen LogP contribution in [0.1, 0.15) is 18.1 Å². The van der Waals surface area contributed by atoms with Gasteiger partial charge in [-0.1, -0.05) is 17.3 Å². The second-order valence-corrected chi connectivity index (χ2v) is 5.84. The number of hydrogen-bond donors (Lipinski definition) is 2. The van der Waals surface area contributed by atoms with E-state index in [1.807, 2.05) is 11.8 Å². The van der Waals surface area contributed by atoms with Gasteiger partial charge in [-0.25, -0.2) is 4.39 Å². The molecule has 2 rings (SSSR count). The zero-order valence-electron chi connectivity index (χ0n) is 10.8. The normalized spacial score (nSPS) is 21.6. The molecule has 104 valence electrons. The molecule has 0 aliphatic carbocycles. The predicted molar refractivity (Wildman–Crippen MR) is 76.1 cm³/mol. The largest absolute Gasteiger partial charge is 0.409 e. The van der Waals surface area contributed by atoms with Gasteiger partial charge in [0.1, 0.15) is 5.82 Å². The van der Waals surface area contributed by atoms with Crippen LogP contribution >= 0.6 is 11.8 Å². The summed E-state index contributed by atoms with van der Waals surface area (Å²) in [6.07, 6.45) is 0. The fourth-order valence-electron chi connectivity index (χ4n) is 2.11. The van der Waals surface area contributed by atoms with Crippen molar-refractivity contribution in [3.63, 3.8) is 0 Å². The molecule has 1 atom stereocenters. The van der Waals surface area contributed by atoms with Crippen LogP contribution in [0.4, 0.5) is 4.39 Å². The maximum atomic E-state index is 14.0. The van der Waals surface area contributed by atoms with E-state index in [-0.39, 0.29) is 11.7 Å². The molecular formula is C13H18FN3OS. The minimum Gasteiger partial charge on any atom is -0.409 e. The van der Waals surface area contributed by atoms with Crippen molar-refractivity contribution >= 4 is 17.6 Å². The number of hydrogen-bond acceptors (Lipinski definition) is 4. The van der Waals surface area contributed by atoms with Crippen LogP contribution < -0.4 is 5.73 Å². The number of amidine groups is 1. The van der Waals surface area contributed by atoms with Gasteiger partial charge >= 0.3 is 0 Å². The average molecular weight is 283 g/mol. The molecule has 0 radical (unpaired) electrons. The average Bonchev–Trinajstić information content (AvgIpc) is 2.42. The highest BCUT2D eigenvalue weighted by Gasteiger charge is 2.19. The lowest BCUT2D eigenvalue weighted by Gasteiger charge is -2.33. The standard InChI is InChI=1S/C13H18FN3OS/c1-9-8-19-5-4-17(9)7-11-3-2-10(6-12(11)14)13(15)16-18/h2-3,6,9,18H,4-5,7-8H2,1H3,(H2,15,16). The predicted octanol–water partition coefficient (Wildman–Crippen LogP) is 1.86. The van der Waals surface area contributed by atoms with Crippen LogP contribution in [0.25, 0.3) is 0 Å². The molecular weight excluding hydrogens is 265 g/mol. The topological polar surface area (TPSA) is 61.8 Å². The summed E-state index contributed by atoms with van der Waals surface area (Å²) in [5.74, 6) is 1.79. The van der Waals surface area contributed by atoms with Crippen LogP contribution in [-0.4, -0.2) is 40.0 Å². The highest BCUT2D eigenvalue weighted by atomic mass is 32.2. The highest BCUT2D eigenvalue weighted by molar-refractivity contribution is 7.99. The Labute approximate surface area is 116 Å². The van der Waals surface area contributed by atoms with Gasteiger partial charge in [-0.3, -0.25) is 4.90 Å². The summed E-state index contributed by atoms with van der Waals surface area (Å²) in [6.45, 7) is 3.74. The first-order valence-corrected chi connectivity index (χ1v) is 7.35. The second kappa shape index (κ2) is 6.25. The van der Waals surface area contributed by atoms with E-state index >= 15 is 0 Å². The summed E-state index contributed by atoms with van der Waals surface area (Å²) in [7, 11) is 0. The maximum Gasteiger partial charge on any atom is 0.170 e. The van der Waals surface area contributed by atoms with Gasteiger partial charge in [0.25, 0.3) is 0 Å². The number of thioether (sulfide) groups is 1. The van der Waals surface area contributed by atoms with Gasteiger partial charge in [0, 0.05) is 41.8 Å². The van der Waals surface area contributed by atoms with Crippen molar-refractivity contribution in [1.82, 2.24) is 4.90 Å². The molecule has 1 unspecified atom stereocenters. The first-order valence-electron chi connectivity index (χ1n) is 6.20. The molecule has 6 heteroatoms.